The van der Waals surface area contributed by atoms with Crippen LogP contribution < -0.4 is 4.74 Å². The van der Waals surface area contributed by atoms with Gasteiger partial charge in [-0.2, -0.15) is 5.10 Å². The quantitative estimate of drug-likeness (QED) is 0.850. The van der Waals surface area contributed by atoms with Gasteiger partial charge in [0.25, 0.3) is 5.91 Å². The molecule has 0 bridgehead atoms. The Morgan fingerprint density at radius 3 is 3.09 bits per heavy atom. The van der Waals surface area contributed by atoms with Crippen LogP contribution in [0, 0.1) is 0 Å². The zero-order valence-corrected chi connectivity index (χ0v) is 13.7. The number of carbonyl (C=O) groups excluding carboxylic acids is 1. The minimum atomic E-state index is -0.444. The minimum absolute atomic E-state index is 0.0590. The minimum Gasteiger partial charge on any atom is -0.480 e. The SMILES string of the molecule is Cn1cc([C@H]2CCCN2C(=O)[C@H]2Cc3cc(Cl)ccc3O2)cn1. The first-order chi connectivity index (χ1) is 11.1. The molecule has 1 amide bonds. The predicted molar refractivity (Wildman–Crippen MR) is 86.5 cm³/mol. The number of fused-ring (bicyclic) bond motifs is 1. The number of aryl methyl sites for hydroxylation is 1. The first-order valence-electron chi connectivity index (χ1n) is 7.86. The van der Waals surface area contributed by atoms with E-state index in [1.165, 1.54) is 0 Å². The lowest BCUT2D eigenvalue weighted by Gasteiger charge is -2.26. The summed E-state index contributed by atoms with van der Waals surface area (Å²) >= 11 is 6.02. The first kappa shape index (κ1) is 14.6. The van der Waals surface area contributed by atoms with Gasteiger partial charge in [-0.15, -0.1) is 0 Å². The van der Waals surface area contributed by atoms with Gasteiger partial charge in [0.2, 0.25) is 0 Å². The van der Waals surface area contributed by atoms with Gasteiger partial charge in [0.1, 0.15) is 5.75 Å². The standard InChI is InChI=1S/C17H18ClN3O2/c1-20-10-12(9-19-20)14-3-2-6-21(14)17(22)16-8-11-7-13(18)4-5-15(11)23-16/h4-5,7,9-10,14,16H,2-3,6,8H2,1H3/t14-,16-/m1/s1. The van der Waals surface area contributed by atoms with Crippen molar-refractivity contribution in [3.63, 3.8) is 0 Å². The number of nitrogens with zero attached hydrogens (tertiary/aromatic N) is 3. The van der Waals surface area contributed by atoms with Crippen LogP contribution in [0.1, 0.15) is 30.0 Å². The molecule has 1 aromatic carbocycles. The molecule has 0 radical (unpaired) electrons. The fourth-order valence-electron chi connectivity index (χ4n) is 3.53. The van der Waals surface area contributed by atoms with Crippen molar-refractivity contribution < 1.29 is 9.53 Å². The lowest BCUT2D eigenvalue weighted by atomic mass is 10.1. The maximum atomic E-state index is 12.9. The monoisotopic (exact) mass is 331 g/mol. The van der Waals surface area contributed by atoms with E-state index in [9.17, 15) is 4.79 Å². The number of aromatic nitrogens is 2. The number of halogens is 1. The maximum absolute atomic E-state index is 12.9. The van der Waals surface area contributed by atoms with E-state index >= 15 is 0 Å². The second-order valence-corrected chi connectivity index (χ2v) is 6.64. The molecule has 6 heteroatoms. The Hall–Kier alpha value is -2.01. The van der Waals surface area contributed by atoms with Crippen molar-refractivity contribution >= 4 is 17.5 Å². The topological polar surface area (TPSA) is 47.4 Å². The van der Waals surface area contributed by atoms with Crippen LogP contribution in [0.2, 0.25) is 5.02 Å². The Balaban J connectivity index is 1.53. The molecule has 0 saturated carbocycles. The Labute approximate surface area is 139 Å². The molecule has 1 saturated heterocycles. The summed E-state index contributed by atoms with van der Waals surface area (Å²) in [5.74, 6) is 0.827. The second kappa shape index (κ2) is 5.57. The molecule has 0 unspecified atom stereocenters. The highest BCUT2D eigenvalue weighted by Gasteiger charge is 2.38. The molecule has 0 aliphatic carbocycles. The lowest BCUT2D eigenvalue weighted by Crippen LogP contribution is -2.40. The third kappa shape index (κ3) is 2.59. The highest BCUT2D eigenvalue weighted by atomic mass is 35.5. The molecular formula is C17H18ClN3O2. The summed E-state index contributed by atoms with van der Waals surface area (Å²) in [5, 5.41) is 4.90. The van der Waals surface area contributed by atoms with Gasteiger partial charge in [-0.25, -0.2) is 0 Å². The number of ether oxygens (including phenoxy) is 1. The summed E-state index contributed by atoms with van der Waals surface area (Å²) in [7, 11) is 1.89. The van der Waals surface area contributed by atoms with E-state index in [1.807, 2.05) is 36.5 Å². The number of amides is 1. The van der Waals surface area contributed by atoms with E-state index in [4.69, 9.17) is 16.3 Å². The van der Waals surface area contributed by atoms with E-state index in [0.717, 1.165) is 36.3 Å². The van der Waals surface area contributed by atoms with Crippen LogP contribution in [-0.2, 0) is 18.3 Å². The van der Waals surface area contributed by atoms with Gasteiger partial charge in [-0.3, -0.25) is 9.48 Å². The highest BCUT2D eigenvalue weighted by Crippen LogP contribution is 2.36. The largest absolute Gasteiger partial charge is 0.480 e. The molecule has 1 aromatic heterocycles. The number of likely N-dealkylation sites (tertiary alicyclic amines) is 1. The van der Waals surface area contributed by atoms with E-state index in [-0.39, 0.29) is 11.9 Å². The molecule has 2 aromatic rings. The summed E-state index contributed by atoms with van der Waals surface area (Å²) in [6.07, 6.45) is 5.96. The van der Waals surface area contributed by atoms with Gasteiger partial charge in [0, 0.05) is 36.8 Å². The highest BCUT2D eigenvalue weighted by molar-refractivity contribution is 6.30. The molecule has 23 heavy (non-hydrogen) atoms. The van der Waals surface area contributed by atoms with Crippen molar-refractivity contribution in [2.75, 3.05) is 6.54 Å². The summed E-state index contributed by atoms with van der Waals surface area (Å²) in [6, 6.07) is 5.62. The van der Waals surface area contributed by atoms with Crippen LogP contribution >= 0.6 is 11.6 Å². The molecule has 2 atom stereocenters. The Bertz CT molecular complexity index is 758. The summed E-state index contributed by atoms with van der Waals surface area (Å²) < 4.78 is 7.63. The zero-order chi connectivity index (χ0) is 16.0. The molecule has 2 aliphatic heterocycles. The smallest absolute Gasteiger partial charge is 0.264 e. The summed E-state index contributed by atoms with van der Waals surface area (Å²) in [4.78, 5) is 14.9. The van der Waals surface area contributed by atoms with Gasteiger partial charge in [0.05, 0.1) is 12.2 Å². The van der Waals surface area contributed by atoms with Crippen molar-refractivity contribution in [1.82, 2.24) is 14.7 Å². The van der Waals surface area contributed by atoms with Crippen molar-refractivity contribution in [3.05, 3.63) is 46.7 Å². The van der Waals surface area contributed by atoms with Crippen molar-refractivity contribution in [3.8, 4) is 5.75 Å². The van der Waals surface area contributed by atoms with Crippen LogP contribution in [0.3, 0.4) is 0 Å². The average molecular weight is 332 g/mol. The van der Waals surface area contributed by atoms with Gasteiger partial charge in [-0.05, 0) is 36.6 Å². The van der Waals surface area contributed by atoms with Gasteiger partial charge in [0.15, 0.2) is 6.10 Å². The van der Waals surface area contributed by atoms with E-state index in [0.29, 0.717) is 11.4 Å². The molecule has 0 N–H and O–H groups in total. The van der Waals surface area contributed by atoms with E-state index in [2.05, 4.69) is 5.10 Å². The van der Waals surface area contributed by atoms with Crippen molar-refractivity contribution in [2.45, 2.75) is 31.4 Å². The Morgan fingerprint density at radius 2 is 2.30 bits per heavy atom. The first-order valence-corrected chi connectivity index (χ1v) is 8.24. The number of hydrogen-bond donors (Lipinski definition) is 0. The van der Waals surface area contributed by atoms with Gasteiger partial charge in [-0.1, -0.05) is 11.6 Å². The molecular weight excluding hydrogens is 314 g/mol. The number of rotatable bonds is 2. The van der Waals surface area contributed by atoms with Crippen LogP contribution in [0.5, 0.6) is 5.75 Å². The third-order valence-corrected chi connectivity index (χ3v) is 4.85. The van der Waals surface area contributed by atoms with Crippen molar-refractivity contribution in [1.29, 1.82) is 0 Å². The zero-order valence-electron chi connectivity index (χ0n) is 12.9. The normalized spacial score (nSPS) is 23.0. The van der Waals surface area contributed by atoms with E-state index in [1.54, 1.807) is 10.7 Å². The van der Waals surface area contributed by atoms with E-state index < -0.39 is 6.10 Å². The van der Waals surface area contributed by atoms with Crippen LogP contribution in [0.25, 0.3) is 0 Å². The number of benzene rings is 1. The predicted octanol–water partition coefficient (Wildman–Crippen LogP) is 2.74. The Kier molecular flexibility index (Phi) is 3.53. The van der Waals surface area contributed by atoms with Crippen LogP contribution in [0.15, 0.2) is 30.6 Å². The molecule has 0 spiro atoms. The second-order valence-electron chi connectivity index (χ2n) is 6.20. The molecule has 5 nitrogen and oxygen atoms in total. The lowest BCUT2D eigenvalue weighted by molar-refractivity contribution is -0.138. The van der Waals surface area contributed by atoms with Crippen molar-refractivity contribution in [2.24, 2.45) is 7.05 Å². The van der Waals surface area contributed by atoms with Crippen LogP contribution in [0.4, 0.5) is 0 Å². The average Bonchev–Trinajstić information content (AvgIpc) is 3.23. The number of hydrogen-bond acceptors (Lipinski definition) is 3. The third-order valence-electron chi connectivity index (χ3n) is 4.62. The van der Waals surface area contributed by atoms with Gasteiger partial charge >= 0.3 is 0 Å². The van der Waals surface area contributed by atoms with Crippen LogP contribution in [-0.4, -0.2) is 33.2 Å². The molecule has 1 fully saturated rings. The molecule has 2 aliphatic rings. The molecule has 4 rings (SSSR count). The summed E-state index contributed by atoms with van der Waals surface area (Å²) in [5.41, 5.74) is 2.10. The fraction of sp³-hybridized carbons (Fsp3) is 0.412. The summed E-state index contributed by atoms with van der Waals surface area (Å²) in [6.45, 7) is 0.773. The maximum Gasteiger partial charge on any atom is 0.264 e. The fourth-order valence-corrected chi connectivity index (χ4v) is 3.72. The van der Waals surface area contributed by atoms with Gasteiger partial charge < -0.3 is 9.64 Å². The number of carbonyl (C=O) groups is 1. The Morgan fingerprint density at radius 1 is 1.43 bits per heavy atom. The molecule has 3 heterocycles. The molecule has 120 valence electrons.